The van der Waals surface area contributed by atoms with Crippen molar-refractivity contribution in [3.8, 4) is 5.75 Å². The van der Waals surface area contributed by atoms with E-state index in [0.29, 0.717) is 16.7 Å². The quantitative estimate of drug-likeness (QED) is 0.405. The maximum Gasteiger partial charge on any atom is 0.416 e. The van der Waals surface area contributed by atoms with Crippen molar-refractivity contribution in [2.75, 3.05) is 24.3 Å². The molecular formula is C20H19BrF4N2O2S. The number of carbonyl (C=O) groups excluding carboxylic acids is 1. The lowest BCUT2D eigenvalue weighted by atomic mass is 10.1. The summed E-state index contributed by atoms with van der Waals surface area (Å²) in [4.78, 5) is 13.9. The van der Waals surface area contributed by atoms with E-state index in [1.165, 1.54) is 18.2 Å². The second-order valence-electron chi connectivity index (χ2n) is 6.74. The van der Waals surface area contributed by atoms with Crippen LogP contribution in [-0.2, 0) is 6.18 Å². The van der Waals surface area contributed by atoms with Crippen molar-refractivity contribution in [3.05, 3.63) is 57.8 Å². The van der Waals surface area contributed by atoms with Gasteiger partial charge in [0, 0.05) is 24.6 Å². The van der Waals surface area contributed by atoms with Crippen LogP contribution >= 0.6 is 27.9 Å². The Morgan fingerprint density at radius 1 is 1.30 bits per heavy atom. The zero-order valence-corrected chi connectivity index (χ0v) is 18.3. The normalized spacial score (nSPS) is 16.6. The van der Waals surface area contributed by atoms with Gasteiger partial charge >= 0.3 is 6.18 Å². The number of alkyl halides is 3. The zero-order chi connectivity index (χ0) is 21.9. The zero-order valence-electron chi connectivity index (χ0n) is 15.9. The van der Waals surface area contributed by atoms with Crippen LogP contribution in [0.1, 0.15) is 28.8 Å². The largest absolute Gasteiger partial charge is 0.490 e. The predicted octanol–water partition coefficient (Wildman–Crippen LogP) is 5.66. The average Bonchev–Trinajstić information content (AvgIpc) is 3.16. The van der Waals surface area contributed by atoms with Gasteiger partial charge in [0.2, 0.25) is 0 Å². The molecule has 1 heterocycles. The van der Waals surface area contributed by atoms with Crippen molar-refractivity contribution in [1.29, 1.82) is 0 Å². The highest BCUT2D eigenvalue weighted by Crippen LogP contribution is 2.33. The van der Waals surface area contributed by atoms with E-state index in [-0.39, 0.29) is 24.0 Å². The molecule has 0 bridgehead atoms. The summed E-state index contributed by atoms with van der Waals surface area (Å²) in [6.45, 7) is 0.929. The number of nitrogens with one attached hydrogen (secondary N) is 1. The van der Waals surface area contributed by atoms with Crippen LogP contribution in [0.15, 0.2) is 40.9 Å². The van der Waals surface area contributed by atoms with Gasteiger partial charge in [0.05, 0.1) is 21.6 Å². The molecule has 1 saturated heterocycles. The number of hydrogen-bond acceptors (Lipinski definition) is 4. The molecule has 0 saturated carbocycles. The molecule has 0 aromatic heterocycles. The predicted molar refractivity (Wildman–Crippen MR) is 112 cm³/mol. The van der Waals surface area contributed by atoms with E-state index in [1.54, 1.807) is 6.26 Å². The van der Waals surface area contributed by atoms with Crippen LogP contribution < -0.4 is 14.4 Å². The van der Waals surface area contributed by atoms with E-state index in [0.717, 1.165) is 43.0 Å². The second kappa shape index (κ2) is 9.47. The van der Waals surface area contributed by atoms with Crippen molar-refractivity contribution >= 4 is 39.5 Å². The van der Waals surface area contributed by atoms with Gasteiger partial charge < -0.3 is 9.64 Å². The maximum absolute atomic E-state index is 14.3. The van der Waals surface area contributed by atoms with Crippen LogP contribution in [0.3, 0.4) is 0 Å². The van der Waals surface area contributed by atoms with Gasteiger partial charge in [0.25, 0.3) is 5.91 Å². The number of hydrogen-bond donors (Lipinski definition) is 1. The molecular weight excluding hydrogens is 488 g/mol. The fourth-order valence-electron chi connectivity index (χ4n) is 3.34. The first kappa shape index (κ1) is 22.7. The number of ether oxygens (including phenoxy) is 1. The summed E-state index contributed by atoms with van der Waals surface area (Å²) in [6, 6.07) is 7.49. The van der Waals surface area contributed by atoms with Crippen LogP contribution in [-0.4, -0.2) is 31.4 Å². The Bertz CT molecular complexity index is 909. The lowest BCUT2D eigenvalue weighted by Crippen LogP contribution is -2.34. The van der Waals surface area contributed by atoms with Gasteiger partial charge in [-0.1, -0.05) is 11.9 Å². The molecule has 2 aromatic carbocycles. The molecule has 10 heteroatoms. The second-order valence-corrected chi connectivity index (χ2v) is 8.21. The van der Waals surface area contributed by atoms with Crippen molar-refractivity contribution in [3.63, 3.8) is 0 Å². The molecule has 1 aliphatic rings. The van der Waals surface area contributed by atoms with Crippen LogP contribution in [0, 0.1) is 5.82 Å². The molecule has 1 atom stereocenters. The molecule has 1 aliphatic heterocycles. The van der Waals surface area contributed by atoms with Crippen molar-refractivity contribution in [1.82, 2.24) is 4.72 Å². The molecule has 2 aromatic rings. The minimum absolute atomic E-state index is 0.0591. The Kier molecular flexibility index (Phi) is 7.18. The topological polar surface area (TPSA) is 41.6 Å². The van der Waals surface area contributed by atoms with E-state index >= 15 is 0 Å². The van der Waals surface area contributed by atoms with Gasteiger partial charge in [-0.05, 0) is 59.1 Å². The third-order valence-electron chi connectivity index (χ3n) is 4.80. The first-order valence-electron chi connectivity index (χ1n) is 9.09. The standard InChI is InChI=1S/C20H19BrF4N2O2S/c1-30-26-19(28)15-9-16(21)18(10-17(15)22)29-11-14-3-2-8-27(14)13-6-4-12(5-7-13)20(23,24)25/h4-7,9-10,14H,2-3,8,11H2,1H3,(H,26,28). The van der Waals surface area contributed by atoms with Crippen LogP contribution in [0.25, 0.3) is 0 Å². The summed E-state index contributed by atoms with van der Waals surface area (Å²) in [5.74, 6) is -0.991. The highest BCUT2D eigenvalue weighted by atomic mass is 79.9. The highest BCUT2D eigenvalue weighted by Gasteiger charge is 2.31. The Labute approximate surface area is 184 Å². The average molecular weight is 507 g/mol. The molecule has 4 nitrogen and oxygen atoms in total. The minimum Gasteiger partial charge on any atom is -0.490 e. The molecule has 0 radical (unpaired) electrons. The van der Waals surface area contributed by atoms with Crippen molar-refractivity contribution < 1.29 is 27.1 Å². The number of amides is 1. The number of carbonyl (C=O) groups is 1. The van der Waals surface area contributed by atoms with Gasteiger partial charge in [-0.3, -0.25) is 9.52 Å². The Morgan fingerprint density at radius 2 is 2.00 bits per heavy atom. The van der Waals surface area contributed by atoms with Gasteiger partial charge in [-0.2, -0.15) is 13.2 Å². The van der Waals surface area contributed by atoms with Gasteiger partial charge in [0.1, 0.15) is 18.2 Å². The molecule has 0 aliphatic carbocycles. The van der Waals surface area contributed by atoms with Gasteiger partial charge in [-0.15, -0.1) is 0 Å². The minimum atomic E-state index is -4.37. The first-order valence-corrected chi connectivity index (χ1v) is 11.1. The summed E-state index contributed by atoms with van der Waals surface area (Å²) in [7, 11) is 0. The highest BCUT2D eigenvalue weighted by molar-refractivity contribution is 9.10. The third-order valence-corrected chi connectivity index (χ3v) is 5.80. The number of rotatable bonds is 6. The van der Waals surface area contributed by atoms with E-state index in [9.17, 15) is 22.4 Å². The Hall–Kier alpha value is -1.94. The van der Waals surface area contributed by atoms with Crippen molar-refractivity contribution in [2.45, 2.75) is 25.1 Å². The smallest absolute Gasteiger partial charge is 0.416 e. The molecule has 1 fully saturated rings. The van der Waals surface area contributed by atoms with Gasteiger partial charge in [0.15, 0.2) is 0 Å². The van der Waals surface area contributed by atoms with Crippen LogP contribution in [0.2, 0.25) is 0 Å². The summed E-state index contributed by atoms with van der Waals surface area (Å²) in [5, 5.41) is 0. The van der Waals surface area contributed by atoms with E-state index in [4.69, 9.17) is 4.74 Å². The third kappa shape index (κ3) is 5.21. The first-order chi connectivity index (χ1) is 14.2. The van der Waals surface area contributed by atoms with Gasteiger partial charge in [-0.25, -0.2) is 4.39 Å². The van der Waals surface area contributed by atoms with E-state index in [2.05, 4.69) is 20.7 Å². The summed E-state index contributed by atoms with van der Waals surface area (Å²) < 4.78 is 61.3. The molecule has 3 rings (SSSR count). The molecule has 1 N–H and O–H groups in total. The number of halogens is 5. The lowest BCUT2D eigenvalue weighted by Gasteiger charge is -2.27. The van der Waals surface area contributed by atoms with E-state index < -0.39 is 23.5 Å². The fraction of sp³-hybridized carbons (Fsp3) is 0.350. The SMILES string of the molecule is CSNC(=O)c1cc(Br)c(OCC2CCCN2c2ccc(C(F)(F)F)cc2)cc1F. The summed E-state index contributed by atoms with van der Waals surface area (Å²) >= 11 is 4.37. The van der Waals surface area contributed by atoms with Crippen LogP contribution in [0.4, 0.5) is 23.2 Å². The molecule has 0 spiro atoms. The molecule has 1 amide bonds. The van der Waals surface area contributed by atoms with E-state index in [1.807, 2.05) is 4.90 Å². The fourth-order valence-corrected chi connectivity index (χ4v) is 4.09. The molecule has 1 unspecified atom stereocenters. The molecule has 30 heavy (non-hydrogen) atoms. The Balaban J connectivity index is 1.69. The summed E-state index contributed by atoms with van der Waals surface area (Å²) in [6.07, 6.45) is -1.04. The Morgan fingerprint density at radius 3 is 2.63 bits per heavy atom. The number of benzene rings is 2. The maximum atomic E-state index is 14.3. The lowest BCUT2D eigenvalue weighted by molar-refractivity contribution is -0.137. The monoisotopic (exact) mass is 506 g/mol. The van der Waals surface area contributed by atoms with Crippen molar-refractivity contribution in [2.24, 2.45) is 0 Å². The summed E-state index contributed by atoms with van der Waals surface area (Å²) in [5.41, 5.74) is -0.109. The molecule has 162 valence electrons. The number of nitrogens with zero attached hydrogens (tertiary/aromatic N) is 1. The van der Waals surface area contributed by atoms with Crippen LogP contribution in [0.5, 0.6) is 5.75 Å². The number of anilines is 1.